The number of anilines is 3. The van der Waals surface area contributed by atoms with E-state index in [0.29, 0.717) is 0 Å². The lowest BCUT2D eigenvalue weighted by Crippen LogP contribution is -2.18. The molecule has 0 N–H and O–H groups in total. The molecular formula is C34H24N2. The van der Waals surface area contributed by atoms with Crippen molar-refractivity contribution in [2.24, 2.45) is 0 Å². The highest BCUT2D eigenvalue weighted by Crippen LogP contribution is 2.58. The van der Waals surface area contributed by atoms with Gasteiger partial charge < -0.3 is 4.90 Å². The Kier molecular flexibility index (Phi) is 3.76. The molecule has 0 radical (unpaired) electrons. The highest BCUT2D eigenvalue weighted by atomic mass is 15.2. The summed E-state index contributed by atoms with van der Waals surface area (Å²) in [5, 5.41) is 5.14. The summed E-state index contributed by atoms with van der Waals surface area (Å²) in [5.74, 6) is 0. The molecule has 5 aromatic carbocycles. The van der Waals surface area contributed by atoms with Crippen molar-refractivity contribution in [3.8, 4) is 22.3 Å². The Morgan fingerprint density at radius 1 is 0.639 bits per heavy atom. The van der Waals surface area contributed by atoms with E-state index in [1.54, 1.807) is 0 Å². The minimum atomic E-state index is -0.0634. The number of benzene rings is 5. The van der Waals surface area contributed by atoms with E-state index in [9.17, 15) is 0 Å². The van der Waals surface area contributed by atoms with Crippen molar-refractivity contribution in [2.45, 2.75) is 19.3 Å². The van der Waals surface area contributed by atoms with E-state index in [0.717, 1.165) is 0 Å². The maximum Gasteiger partial charge on any atom is 0.0571 e. The molecule has 1 aliphatic heterocycles. The van der Waals surface area contributed by atoms with E-state index < -0.39 is 0 Å². The zero-order valence-corrected chi connectivity index (χ0v) is 20.3. The molecule has 2 heterocycles. The fourth-order valence-corrected chi connectivity index (χ4v) is 6.66. The molecule has 0 amide bonds. The number of aromatic nitrogens is 1. The molecule has 0 unspecified atom stereocenters. The fraction of sp³-hybridized carbons (Fsp3) is 0.0882. The van der Waals surface area contributed by atoms with E-state index in [2.05, 4.69) is 121 Å². The molecule has 0 fully saturated rings. The van der Waals surface area contributed by atoms with Crippen LogP contribution in [0, 0.1) is 0 Å². The molecule has 0 saturated heterocycles. The van der Waals surface area contributed by atoms with Crippen LogP contribution in [0.5, 0.6) is 0 Å². The molecular weight excluding hydrogens is 436 g/mol. The van der Waals surface area contributed by atoms with Crippen LogP contribution in [-0.2, 0) is 5.41 Å². The largest absolute Gasteiger partial charge is 0.309 e. The maximum absolute atomic E-state index is 4.58. The molecule has 0 bridgehead atoms. The van der Waals surface area contributed by atoms with Gasteiger partial charge in [-0.3, -0.25) is 4.98 Å². The number of rotatable bonds is 1. The smallest absolute Gasteiger partial charge is 0.0571 e. The number of fused-ring (bicyclic) bond motifs is 7. The SMILES string of the molecule is CC1(C)c2ccccc2-c2cc3c4c(cccc4c21)N(c1ccc2ccccc2c1)c1ccncc1-3. The third kappa shape index (κ3) is 2.43. The average molecular weight is 461 g/mol. The molecule has 0 spiro atoms. The molecule has 170 valence electrons. The Labute approximate surface area is 210 Å². The van der Waals surface area contributed by atoms with E-state index in [-0.39, 0.29) is 5.41 Å². The van der Waals surface area contributed by atoms with Gasteiger partial charge in [-0.25, -0.2) is 0 Å². The monoisotopic (exact) mass is 460 g/mol. The zero-order chi connectivity index (χ0) is 24.0. The zero-order valence-electron chi connectivity index (χ0n) is 20.3. The highest BCUT2D eigenvalue weighted by molar-refractivity contribution is 6.17. The summed E-state index contributed by atoms with van der Waals surface area (Å²) >= 11 is 0. The van der Waals surface area contributed by atoms with E-state index in [1.807, 2.05) is 12.4 Å². The predicted octanol–water partition coefficient (Wildman–Crippen LogP) is 9.14. The van der Waals surface area contributed by atoms with Gasteiger partial charge in [-0.05, 0) is 74.3 Å². The summed E-state index contributed by atoms with van der Waals surface area (Å²) < 4.78 is 0. The van der Waals surface area contributed by atoms with Crippen molar-refractivity contribution in [3.05, 3.63) is 121 Å². The van der Waals surface area contributed by atoms with Gasteiger partial charge in [0.2, 0.25) is 0 Å². The number of nitrogens with zero attached hydrogens (tertiary/aromatic N) is 2. The summed E-state index contributed by atoms with van der Waals surface area (Å²) in [4.78, 5) is 6.99. The quantitative estimate of drug-likeness (QED) is 0.243. The highest BCUT2D eigenvalue weighted by Gasteiger charge is 2.39. The summed E-state index contributed by atoms with van der Waals surface area (Å²) in [6.45, 7) is 4.73. The number of pyridine rings is 1. The van der Waals surface area contributed by atoms with Crippen molar-refractivity contribution in [1.82, 2.24) is 4.98 Å². The van der Waals surface area contributed by atoms with Gasteiger partial charge >= 0.3 is 0 Å². The van der Waals surface area contributed by atoms with Gasteiger partial charge in [-0.1, -0.05) is 80.6 Å². The van der Waals surface area contributed by atoms with Gasteiger partial charge in [0.25, 0.3) is 0 Å². The fourth-order valence-electron chi connectivity index (χ4n) is 6.66. The standard InChI is InChI=1S/C34H24N2/c1-34(2)29-12-6-5-10-24(29)27-19-26-28-20-35-17-16-30(28)36(31-13-7-11-25(32(26)31)33(27)34)23-15-14-21-8-3-4-9-22(21)18-23/h3-20H,1-2H3. The maximum atomic E-state index is 4.58. The second-order valence-corrected chi connectivity index (χ2v) is 10.5. The van der Waals surface area contributed by atoms with Crippen molar-refractivity contribution < 1.29 is 0 Å². The summed E-state index contributed by atoms with van der Waals surface area (Å²) in [7, 11) is 0. The molecule has 8 rings (SSSR count). The first-order valence-corrected chi connectivity index (χ1v) is 12.6. The van der Waals surface area contributed by atoms with Gasteiger partial charge in [0.1, 0.15) is 0 Å². The lowest BCUT2D eigenvalue weighted by Gasteiger charge is -2.34. The Morgan fingerprint density at radius 2 is 1.47 bits per heavy atom. The van der Waals surface area contributed by atoms with Gasteiger partial charge in [0, 0.05) is 34.4 Å². The third-order valence-electron chi connectivity index (χ3n) is 8.22. The molecule has 2 aliphatic rings. The molecule has 1 aromatic heterocycles. The van der Waals surface area contributed by atoms with Crippen LogP contribution in [-0.4, -0.2) is 4.98 Å². The molecule has 2 heteroatoms. The van der Waals surface area contributed by atoms with Gasteiger partial charge in [-0.2, -0.15) is 0 Å². The van der Waals surface area contributed by atoms with Crippen molar-refractivity contribution >= 4 is 38.6 Å². The first-order valence-electron chi connectivity index (χ1n) is 12.6. The van der Waals surface area contributed by atoms with Crippen LogP contribution in [0.1, 0.15) is 25.0 Å². The van der Waals surface area contributed by atoms with Gasteiger partial charge in [0.05, 0.1) is 11.4 Å². The molecule has 1 aliphatic carbocycles. The Bertz CT molecular complexity index is 1880. The van der Waals surface area contributed by atoms with Crippen LogP contribution in [0.2, 0.25) is 0 Å². The number of hydrogen-bond acceptors (Lipinski definition) is 2. The molecule has 0 atom stereocenters. The minimum Gasteiger partial charge on any atom is -0.309 e. The predicted molar refractivity (Wildman–Crippen MR) is 150 cm³/mol. The lowest BCUT2D eigenvalue weighted by atomic mass is 9.78. The Hall–Kier alpha value is -4.43. The summed E-state index contributed by atoms with van der Waals surface area (Å²) in [5.41, 5.74) is 11.5. The molecule has 6 aromatic rings. The van der Waals surface area contributed by atoms with Crippen LogP contribution >= 0.6 is 0 Å². The number of hydrogen-bond donors (Lipinski definition) is 0. The Morgan fingerprint density at radius 3 is 2.39 bits per heavy atom. The van der Waals surface area contributed by atoms with Crippen molar-refractivity contribution in [1.29, 1.82) is 0 Å². The second kappa shape index (κ2) is 6.83. The molecule has 36 heavy (non-hydrogen) atoms. The van der Waals surface area contributed by atoms with E-state index >= 15 is 0 Å². The van der Waals surface area contributed by atoms with Crippen LogP contribution in [0.25, 0.3) is 43.8 Å². The van der Waals surface area contributed by atoms with Crippen LogP contribution < -0.4 is 4.90 Å². The van der Waals surface area contributed by atoms with Crippen LogP contribution in [0.15, 0.2) is 109 Å². The van der Waals surface area contributed by atoms with Crippen molar-refractivity contribution in [3.63, 3.8) is 0 Å². The first kappa shape index (κ1) is 19.8. The van der Waals surface area contributed by atoms with Crippen molar-refractivity contribution in [2.75, 3.05) is 4.90 Å². The second-order valence-electron chi connectivity index (χ2n) is 10.5. The summed E-state index contributed by atoms with van der Waals surface area (Å²) in [6.07, 6.45) is 3.94. The lowest BCUT2D eigenvalue weighted by molar-refractivity contribution is 0.666. The average Bonchev–Trinajstić information content (AvgIpc) is 3.15. The first-order chi connectivity index (χ1) is 17.6. The topological polar surface area (TPSA) is 16.1 Å². The minimum absolute atomic E-state index is 0.0634. The van der Waals surface area contributed by atoms with E-state index in [4.69, 9.17) is 0 Å². The van der Waals surface area contributed by atoms with Gasteiger partial charge in [0.15, 0.2) is 0 Å². The summed E-state index contributed by atoms with van der Waals surface area (Å²) in [6, 6.07) is 35.6. The van der Waals surface area contributed by atoms with Crippen LogP contribution in [0.3, 0.4) is 0 Å². The Balaban J connectivity index is 1.50. The normalized spacial score (nSPS) is 14.6. The molecule has 0 saturated carbocycles. The van der Waals surface area contributed by atoms with E-state index in [1.165, 1.54) is 72.0 Å². The third-order valence-corrected chi connectivity index (χ3v) is 8.22. The van der Waals surface area contributed by atoms with Crippen LogP contribution in [0.4, 0.5) is 17.1 Å². The van der Waals surface area contributed by atoms with Gasteiger partial charge in [-0.15, -0.1) is 0 Å². The molecule has 2 nitrogen and oxygen atoms in total.